The number of halogens is 1. The molecule has 1 atom stereocenters. The predicted octanol–water partition coefficient (Wildman–Crippen LogP) is 3.38. The molecular formula is C13H13ClN2O2S. The summed E-state index contributed by atoms with van der Waals surface area (Å²) < 4.78 is 0. The first kappa shape index (κ1) is 13.8. The van der Waals surface area contributed by atoms with E-state index in [1.54, 1.807) is 6.20 Å². The Morgan fingerprint density at radius 1 is 1.58 bits per heavy atom. The summed E-state index contributed by atoms with van der Waals surface area (Å²) in [6.07, 6.45) is 2.44. The molecule has 19 heavy (non-hydrogen) atoms. The van der Waals surface area contributed by atoms with E-state index in [0.717, 1.165) is 11.4 Å². The Morgan fingerprint density at radius 2 is 2.37 bits per heavy atom. The Balaban J connectivity index is 2.18. The average Bonchev–Trinajstić information content (AvgIpc) is 2.92. The smallest absolute Gasteiger partial charge is 0.253 e. The van der Waals surface area contributed by atoms with Crippen LogP contribution in [0.4, 0.5) is 0 Å². The molecule has 0 fully saturated rings. The number of rotatable bonds is 4. The summed E-state index contributed by atoms with van der Waals surface area (Å²) in [5, 5.41) is 15.3. The Bertz CT molecular complexity index is 572. The summed E-state index contributed by atoms with van der Waals surface area (Å²) in [6.45, 7) is 1.97. The van der Waals surface area contributed by atoms with E-state index in [9.17, 15) is 9.90 Å². The molecule has 1 amide bonds. The molecule has 0 aliphatic heterocycles. The van der Waals surface area contributed by atoms with Crippen LogP contribution in [-0.4, -0.2) is 16.0 Å². The summed E-state index contributed by atoms with van der Waals surface area (Å²) >= 11 is 7.45. The van der Waals surface area contributed by atoms with Gasteiger partial charge in [0.15, 0.2) is 0 Å². The number of aromatic nitrogens is 1. The highest BCUT2D eigenvalue weighted by molar-refractivity contribution is 7.09. The van der Waals surface area contributed by atoms with Crippen LogP contribution in [0.25, 0.3) is 0 Å². The van der Waals surface area contributed by atoms with E-state index < -0.39 is 0 Å². The molecule has 0 saturated heterocycles. The van der Waals surface area contributed by atoms with E-state index in [2.05, 4.69) is 10.3 Å². The number of hydrogen-bond donors (Lipinski definition) is 2. The molecular weight excluding hydrogens is 284 g/mol. The first-order valence-electron chi connectivity index (χ1n) is 5.80. The molecule has 0 radical (unpaired) electrons. The lowest BCUT2D eigenvalue weighted by atomic mass is 10.1. The predicted molar refractivity (Wildman–Crippen MR) is 75.7 cm³/mol. The molecule has 6 heteroatoms. The van der Waals surface area contributed by atoms with Crippen molar-refractivity contribution in [1.29, 1.82) is 0 Å². The minimum Gasteiger partial charge on any atom is -0.508 e. The van der Waals surface area contributed by atoms with E-state index in [0.29, 0.717) is 5.02 Å². The number of phenols is 1. The van der Waals surface area contributed by atoms with Crippen molar-refractivity contribution in [3.63, 3.8) is 0 Å². The molecule has 1 aromatic heterocycles. The van der Waals surface area contributed by atoms with Crippen molar-refractivity contribution in [1.82, 2.24) is 10.3 Å². The second kappa shape index (κ2) is 6.04. The largest absolute Gasteiger partial charge is 0.508 e. The fourth-order valence-corrected chi connectivity index (χ4v) is 2.64. The molecule has 0 aliphatic carbocycles. The van der Waals surface area contributed by atoms with Gasteiger partial charge in [0.05, 0.1) is 16.6 Å². The number of thiazole rings is 1. The molecule has 0 aliphatic rings. The standard InChI is InChI=1S/C13H13ClN2O2S/c1-2-11(13-15-5-6-19-13)16-12(18)9-7-8(17)3-4-10(9)14/h3-7,11,17H,2H2,1H3,(H,16,18). The van der Waals surface area contributed by atoms with Crippen LogP contribution in [0.1, 0.15) is 34.8 Å². The molecule has 0 spiro atoms. The van der Waals surface area contributed by atoms with Gasteiger partial charge in [-0.15, -0.1) is 11.3 Å². The van der Waals surface area contributed by atoms with Gasteiger partial charge in [-0.05, 0) is 24.6 Å². The number of hydrogen-bond acceptors (Lipinski definition) is 4. The summed E-state index contributed by atoms with van der Waals surface area (Å²) in [5.74, 6) is -0.306. The van der Waals surface area contributed by atoms with Crippen LogP contribution in [0, 0.1) is 0 Å². The van der Waals surface area contributed by atoms with Crippen LogP contribution in [0.5, 0.6) is 5.75 Å². The number of nitrogens with zero attached hydrogens (tertiary/aromatic N) is 1. The SMILES string of the molecule is CCC(NC(=O)c1cc(O)ccc1Cl)c1nccs1. The minimum atomic E-state index is -0.317. The van der Waals surface area contributed by atoms with Crippen LogP contribution in [0.3, 0.4) is 0 Å². The number of phenolic OH excluding ortho intramolecular Hbond substituents is 1. The zero-order chi connectivity index (χ0) is 13.8. The molecule has 1 heterocycles. The van der Waals surface area contributed by atoms with Crippen LogP contribution >= 0.6 is 22.9 Å². The lowest BCUT2D eigenvalue weighted by Crippen LogP contribution is -2.28. The lowest BCUT2D eigenvalue weighted by Gasteiger charge is -2.15. The third-order valence-corrected chi connectivity index (χ3v) is 3.88. The van der Waals surface area contributed by atoms with Crippen molar-refractivity contribution >= 4 is 28.8 Å². The highest BCUT2D eigenvalue weighted by Gasteiger charge is 2.18. The van der Waals surface area contributed by atoms with Gasteiger partial charge in [0.2, 0.25) is 0 Å². The van der Waals surface area contributed by atoms with Crippen molar-refractivity contribution in [2.45, 2.75) is 19.4 Å². The number of aromatic hydroxyl groups is 1. The summed E-state index contributed by atoms with van der Waals surface area (Å²) in [6, 6.07) is 4.14. The average molecular weight is 297 g/mol. The Kier molecular flexibility index (Phi) is 4.39. The molecule has 2 rings (SSSR count). The van der Waals surface area contributed by atoms with Gasteiger partial charge in [-0.25, -0.2) is 4.98 Å². The lowest BCUT2D eigenvalue weighted by molar-refractivity contribution is 0.0935. The van der Waals surface area contributed by atoms with Gasteiger partial charge in [-0.1, -0.05) is 18.5 Å². The third-order valence-electron chi connectivity index (χ3n) is 2.66. The minimum absolute atomic E-state index is 0.0110. The van der Waals surface area contributed by atoms with Crippen molar-refractivity contribution in [3.05, 3.63) is 45.4 Å². The maximum absolute atomic E-state index is 12.2. The third kappa shape index (κ3) is 3.24. The maximum Gasteiger partial charge on any atom is 0.253 e. The van der Waals surface area contributed by atoms with Gasteiger partial charge < -0.3 is 10.4 Å². The summed E-state index contributed by atoms with van der Waals surface area (Å²) in [7, 11) is 0. The molecule has 4 nitrogen and oxygen atoms in total. The van der Waals surface area contributed by atoms with Crippen LogP contribution in [0.2, 0.25) is 5.02 Å². The zero-order valence-electron chi connectivity index (χ0n) is 10.3. The van der Waals surface area contributed by atoms with Gasteiger partial charge in [0.1, 0.15) is 10.8 Å². The van der Waals surface area contributed by atoms with Gasteiger partial charge in [0, 0.05) is 11.6 Å². The first-order valence-corrected chi connectivity index (χ1v) is 7.06. The van der Waals surface area contributed by atoms with Gasteiger partial charge >= 0.3 is 0 Å². The van der Waals surface area contributed by atoms with Gasteiger partial charge in [0.25, 0.3) is 5.91 Å². The quantitative estimate of drug-likeness (QED) is 0.909. The number of nitrogens with one attached hydrogen (secondary N) is 1. The molecule has 0 saturated carbocycles. The maximum atomic E-state index is 12.2. The summed E-state index contributed by atoms with van der Waals surface area (Å²) in [4.78, 5) is 16.3. The van der Waals surface area contributed by atoms with Crippen molar-refractivity contribution < 1.29 is 9.90 Å². The number of carbonyl (C=O) groups is 1. The topological polar surface area (TPSA) is 62.2 Å². The second-order valence-electron chi connectivity index (χ2n) is 3.97. The van der Waals surface area contributed by atoms with Crippen LogP contribution in [-0.2, 0) is 0 Å². The van der Waals surface area contributed by atoms with Crippen LogP contribution < -0.4 is 5.32 Å². The van der Waals surface area contributed by atoms with Crippen LogP contribution in [0.15, 0.2) is 29.8 Å². The molecule has 2 N–H and O–H groups in total. The van der Waals surface area contributed by atoms with Crippen molar-refractivity contribution in [2.24, 2.45) is 0 Å². The fraction of sp³-hybridized carbons (Fsp3) is 0.231. The van der Waals surface area contributed by atoms with E-state index in [1.807, 2.05) is 12.3 Å². The number of amides is 1. The number of benzene rings is 1. The Hall–Kier alpha value is -1.59. The highest BCUT2D eigenvalue weighted by atomic mass is 35.5. The highest BCUT2D eigenvalue weighted by Crippen LogP contribution is 2.23. The zero-order valence-corrected chi connectivity index (χ0v) is 11.8. The molecule has 1 unspecified atom stereocenters. The number of carbonyl (C=O) groups excluding carboxylic acids is 1. The van der Waals surface area contributed by atoms with E-state index in [1.165, 1.54) is 29.5 Å². The molecule has 100 valence electrons. The van der Waals surface area contributed by atoms with E-state index >= 15 is 0 Å². The Morgan fingerprint density at radius 3 is 3.00 bits per heavy atom. The fourth-order valence-electron chi connectivity index (χ4n) is 1.67. The second-order valence-corrected chi connectivity index (χ2v) is 5.30. The monoisotopic (exact) mass is 296 g/mol. The Labute approximate surface area is 120 Å². The van der Waals surface area contributed by atoms with Crippen molar-refractivity contribution in [2.75, 3.05) is 0 Å². The molecule has 0 bridgehead atoms. The van der Waals surface area contributed by atoms with Crippen molar-refractivity contribution in [3.8, 4) is 5.75 Å². The molecule has 2 aromatic rings. The normalized spacial score (nSPS) is 12.1. The van der Waals surface area contributed by atoms with E-state index in [-0.39, 0.29) is 23.3 Å². The van der Waals surface area contributed by atoms with Gasteiger partial charge in [-0.2, -0.15) is 0 Å². The van der Waals surface area contributed by atoms with E-state index in [4.69, 9.17) is 11.6 Å². The molecule has 1 aromatic carbocycles. The van der Waals surface area contributed by atoms with Gasteiger partial charge in [-0.3, -0.25) is 4.79 Å². The summed E-state index contributed by atoms with van der Waals surface area (Å²) in [5.41, 5.74) is 0.261. The first-order chi connectivity index (χ1) is 9.11.